The molecule has 0 heterocycles. The van der Waals surface area contributed by atoms with Crippen LogP contribution >= 0.6 is 0 Å². The molecule has 1 atom stereocenters. The van der Waals surface area contributed by atoms with Crippen LogP contribution in [0.5, 0.6) is 0 Å². The van der Waals surface area contributed by atoms with Crippen LogP contribution in [0.4, 0.5) is 0 Å². The number of carboxylic acids is 1. The van der Waals surface area contributed by atoms with Gasteiger partial charge in [-0.1, -0.05) is 0 Å². The number of likely N-dealkylation sites (N-methyl/N-ethyl adjacent to an activating group) is 1. The molecule has 0 saturated heterocycles. The smallest absolute Gasteiger partial charge is 0.131 e. The second kappa shape index (κ2) is 3.69. The number of aliphatic carboxylic acids is 1. The highest BCUT2D eigenvalue weighted by Gasteiger charge is 2.23. The molecule has 0 rings (SSSR count). The van der Waals surface area contributed by atoms with Crippen molar-refractivity contribution in [2.45, 2.75) is 12.5 Å². The number of carbonyl (C=O) groups is 1. The first-order valence-electron chi connectivity index (χ1n) is 3.52. The number of quaternary nitrogens is 1. The molecule has 4 heteroatoms. The number of hydrogen-bond donors (Lipinski definition) is 1. The van der Waals surface area contributed by atoms with E-state index in [9.17, 15) is 9.90 Å². The molecule has 66 valence electrons. The van der Waals surface area contributed by atoms with E-state index in [1.807, 2.05) is 0 Å². The molecular formula is C7H15NO3. The summed E-state index contributed by atoms with van der Waals surface area (Å²) in [7, 11) is 5.28. The van der Waals surface area contributed by atoms with E-state index < -0.39 is 12.0 Å². The van der Waals surface area contributed by atoms with E-state index in [2.05, 4.69) is 0 Å². The van der Waals surface area contributed by atoms with Crippen molar-refractivity contribution in [3.05, 3.63) is 0 Å². The number of aliphatic hydroxyl groups is 1. The van der Waals surface area contributed by atoms with E-state index in [0.29, 0.717) is 0 Å². The lowest BCUT2D eigenvalue weighted by atomic mass is 10.2. The number of rotatable bonds is 4. The number of carbonyl (C=O) groups excluding carboxylic acids is 1. The molecule has 0 radical (unpaired) electrons. The largest absolute Gasteiger partial charge is 0.544 e. The van der Waals surface area contributed by atoms with Gasteiger partial charge in [-0.2, -0.15) is 0 Å². The normalized spacial score (nSPS) is 14.5. The lowest BCUT2D eigenvalue weighted by Crippen LogP contribution is -2.55. The molecule has 1 unspecified atom stereocenters. The molecule has 4 nitrogen and oxygen atoms in total. The van der Waals surface area contributed by atoms with Gasteiger partial charge < -0.3 is 19.5 Å². The molecule has 0 aromatic rings. The van der Waals surface area contributed by atoms with Gasteiger partial charge in [0.25, 0.3) is 0 Å². The average molecular weight is 161 g/mol. The maximum absolute atomic E-state index is 10.5. The molecule has 0 bridgehead atoms. The van der Waals surface area contributed by atoms with Crippen LogP contribution in [0.1, 0.15) is 6.42 Å². The van der Waals surface area contributed by atoms with Crippen molar-refractivity contribution in [1.82, 2.24) is 0 Å². The Morgan fingerprint density at radius 3 is 2.09 bits per heavy atom. The zero-order chi connectivity index (χ0) is 9.07. The lowest BCUT2D eigenvalue weighted by molar-refractivity contribution is -0.889. The zero-order valence-electron chi connectivity index (χ0n) is 7.20. The van der Waals surface area contributed by atoms with Gasteiger partial charge in [-0.3, -0.25) is 0 Å². The molecule has 1 N–H and O–H groups in total. The van der Waals surface area contributed by atoms with Crippen molar-refractivity contribution in [3.8, 4) is 0 Å². The van der Waals surface area contributed by atoms with Gasteiger partial charge in [-0.25, -0.2) is 0 Å². The van der Waals surface area contributed by atoms with Gasteiger partial charge in [0.1, 0.15) is 6.04 Å². The molecule has 0 aromatic carbocycles. The second-order valence-corrected chi connectivity index (χ2v) is 3.46. The van der Waals surface area contributed by atoms with Crippen LogP contribution in [0.15, 0.2) is 0 Å². The van der Waals surface area contributed by atoms with Gasteiger partial charge in [0.05, 0.1) is 27.1 Å². The minimum Gasteiger partial charge on any atom is -0.544 e. The zero-order valence-corrected chi connectivity index (χ0v) is 7.20. The topological polar surface area (TPSA) is 60.4 Å². The molecule has 0 spiro atoms. The first-order valence-corrected chi connectivity index (χ1v) is 3.52. The highest BCUT2D eigenvalue weighted by molar-refractivity contribution is 5.69. The van der Waals surface area contributed by atoms with Crippen LogP contribution in [0.3, 0.4) is 0 Å². The standard InChI is InChI=1S/C7H15NO3/c1-8(2,3)6(4-5-9)7(10)11/h6,9H,4-5H2,1-3H3. The summed E-state index contributed by atoms with van der Waals surface area (Å²) in [6, 6.07) is -0.625. The minimum absolute atomic E-state index is 0.117. The highest BCUT2D eigenvalue weighted by Crippen LogP contribution is 2.05. The molecule has 0 aliphatic carbocycles. The van der Waals surface area contributed by atoms with Gasteiger partial charge in [0.15, 0.2) is 0 Å². The molecule has 0 aliphatic rings. The summed E-state index contributed by atoms with van der Waals surface area (Å²) in [4.78, 5) is 10.5. The molecule has 0 fully saturated rings. The van der Waals surface area contributed by atoms with Crippen LogP contribution in [-0.4, -0.2) is 49.4 Å². The Kier molecular flexibility index (Phi) is 3.48. The summed E-state index contributed by atoms with van der Waals surface area (Å²) in [6.07, 6.45) is 0.242. The Morgan fingerprint density at radius 1 is 1.55 bits per heavy atom. The fraction of sp³-hybridized carbons (Fsp3) is 0.857. The first kappa shape index (κ1) is 10.4. The van der Waals surface area contributed by atoms with Crippen LogP contribution in [0.2, 0.25) is 0 Å². The molecule has 0 aromatic heterocycles. The third kappa shape index (κ3) is 3.34. The molecule has 0 saturated carbocycles. The summed E-state index contributed by atoms with van der Waals surface area (Å²) >= 11 is 0. The van der Waals surface area contributed by atoms with E-state index >= 15 is 0 Å². The SMILES string of the molecule is C[N+](C)(C)C(CCO)C(=O)[O-]. The lowest BCUT2D eigenvalue weighted by Gasteiger charge is -2.34. The van der Waals surface area contributed by atoms with Gasteiger partial charge in [0.2, 0.25) is 0 Å². The van der Waals surface area contributed by atoms with Gasteiger partial charge in [-0.05, 0) is 0 Å². The van der Waals surface area contributed by atoms with Crippen molar-refractivity contribution >= 4 is 5.97 Å². The van der Waals surface area contributed by atoms with E-state index in [0.717, 1.165) is 0 Å². The van der Waals surface area contributed by atoms with Crippen LogP contribution in [-0.2, 0) is 4.79 Å². The molecular weight excluding hydrogens is 146 g/mol. The minimum atomic E-state index is -1.11. The maximum Gasteiger partial charge on any atom is 0.131 e. The first-order chi connectivity index (χ1) is 4.89. The number of carboxylic acid groups (broad SMARTS) is 1. The van der Waals surface area contributed by atoms with Crippen LogP contribution < -0.4 is 5.11 Å². The monoisotopic (exact) mass is 161 g/mol. The van der Waals surface area contributed by atoms with Crippen molar-refractivity contribution < 1.29 is 19.5 Å². The quantitative estimate of drug-likeness (QED) is 0.494. The Bertz CT molecular complexity index is 139. The predicted octanol–water partition coefficient (Wildman–Crippen LogP) is -1.81. The van der Waals surface area contributed by atoms with E-state index in [-0.39, 0.29) is 17.5 Å². The Morgan fingerprint density at radius 2 is 2.00 bits per heavy atom. The Balaban J connectivity index is 4.22. The summed E-state index contributed by atoms with van der Waals surface area (Å²) in [5.74, 6) is -1.11. The number of nitrogens with zero attached hydrogens (tertiary/aromatic N) is 1. The summed E-state index contributed by atoms with van der Waals surface area (Å²) in [5.41, 5.74) is 0. The predicted molar refractivity (Wildman–Crippen MR) is 38.5 cm³/mol. The number of aliphatic hydroxyl groups excluding tert-OH is 1. The van der Waals surface area contributed by atoms with Crippen molar-refractivity contribution in [2.75, 3.05) is 27.7 Å². The fourth-order valence-electron chi connectivity index (χ4n) is 0.944. The van der Waals surface area contributed by atoms with E-state index in [4.69, 9.17) is 5.11 Å². The second-order valence-electron chi connectivity index (χ2n) is 3.46. The van der Waals surface area contributed by atoms with E-state index in [1.54, 1.807) is 21.1 Å². The molecule has 0 aliphatic heterocycles. The van der Waals surface area contributed by atoms with Crippen molar-refractivity contribution in [1.29, 1.82) is 0 Å². The third-order valence-electron chi connectivity index (χ3n) is 1.61. The van der Waals surface area contributed by atoms with E-state index in [1.165, 1.54) is 0 Å². The van der Waals surface area contributed by atoms with Crippen molar-refractivity contribution in [2.24, 2.45) is 0 Å². The van der Waals surface area contributed by atoms with Crippen molar-refractivity contribution in [3.63, 3.8) is 0 Å². The van der Waals surface area contributed by atoms with Crippen LogP contribution in [0, 0.1) is 0 Å². The Hall–Kier alpha value is -0.610. The van der Waals surface area contributed by atoms with Gasteiger partial charge in [0, 0.05) is 13.0 Å². The maximum atomic E-state index is 10.5. The molecule has 0 amide bonds. The van der Waals surface area contributed by atoms with Gasteiger partial charge >= 0.3 is 0 Å². The summed E-state index contributed by atoms with van der Waals surface area (Å²) in [6.45, 7) is -0.117. The Labute approximate surface area is 66.6 Å². The summed E-state index contributed by atoms with van der Waals surface area (Å²) in [5, 5.41) is 19.0. The fourth-order valence-corrected chi connectivity index (χ4v) is 0.944. The third-order valence-corrected chi connectivity index (χ3v) is 1.61. The average Bonchev–Trinajstić information content (AvgIpc) is 1.79. The highest BCUT2D eigenvalue weighted by atomic mass is 16.4. The van der Waals surface area contributed by atoms with Crippen LogP contribution in [0.25, 0.3) is 0 Å². The summed E-state index contributed by atoms with van der Waals surface area (Å²) < 4.78 is 0.281. The number of hydrogen-bond acceptors (Lipinski definition) is 3. The van der Waals surface area contributed by atoms with Gasteiger partial charge in [-0.15, -0.1) is 0 Å². The molecule has 11 heavy (non-hydrogen) atoms.